The summed E-state index contributed by atoms with van der Waals surface area (Å²) in [5.41, 5.74) is 7.15. The molecule has 1 saturated heterocycles. The highest BCUT2D eigenvalue weighted by molar-refractivity contribution is 14.0. The molecular weight excluding hydrogens is 419 g/mol. The molecule has 136 valence electrons. The standard InChI is InChI=1S/C17H28N4O2.HI/c1-20(2)8-3-11-23-16-6-4-15(5-7-16)14-19-17(18)21-9-12-22-13-10-21;/h4-7H,3,8-14H2,1-2H3,(H2,18,19);1H. The first-order chi connectivity index (χ1) is 11.1. The van der Waals surface area contributed by atoms with Crippen LogP contribution in [0, 0.1) is 0 Å². The first-order valence-corrected chi connectivity index (χ1v) is 8.14. The summed E-state index contributed by atoms with van der Waals surface area (Å²) in [6.45, 7) is 5.42. The first-order valence-electron chi connectivity index (χ1n) is 8.14. The van der Waals surface area contributed by atoms with Crippen LogP contribution in [0.1, 0.15) is 12.0 Å². The van der Waals surface area contributed by atoms with Crippen LogP contribution >= 0.6 is 24.0 Å². The van der Waals surface area contributed by atoms with Crippen LogP contribution in [0.25, 0.3) is 0 Å². The molecule has 1 aromatic carbocycles. The number of hydrogen-bond acceptors (Lipinski definition) is 4. The lowest BCUT2D eigenvalue weighted by molar-refractivity contribution is 0.0674. The van der Waals surface area contributed by atoms with Gasteiger partial charge in [0.25, 0.3) is 0 Å². The number of halogens is 1. The van der Waals surface area contributed by atoms with Gasteiger partial charge in [0, 0.05) is 19.6 Å². The van der Waals surface area contributed by atoms with E-state index in [0.29, 0.717) is 12.5 Å². The van der Waals surface area contributed by atoms with E-state index < -0.39 is 0 Å². The van der Waals surface area contributed by atoms with Gasteiger partial charge in [-0.1, -0.05) is 12.1 Å². The van der Waals surface area contributed by atoms with Gasteiger partial charge in [-0.25, -0.2) is 4.99 Å². The van der Waals surface area contributed by atoms with E-state index in [4.69, 9.17) is 15.2 Å². The Hall–Kier alpha value is -1.06. The van der Waals surface area contributed by atoms with Crippen LogP contribution in [0.5, 0.6) is 5.75 Å². The fraction of sp³-hybridized carbons (Fsp3) is 0.588. The van der Waals surface area contributed by atoms with E-state index >= 15 is 0 Å². The van der Waals surface area contributed by atoms with Crippen LogP contribution in [0.4, 0.5) is 0 Å². The lowest BCUT2D eigenvalue weighted by atomic mass is 10.2. The zero-order valence-electron chi connectivity index (χ0n) is 14.6. The predicted molar refractivity (Wildman–Crippen MR) is 108 cm³/mol. The van der Waals surface area contributed by atoms with Crippen molar-refractivity contribution >= 4 is 29.9 Å². The number of hydrogen-bond donors (Lipinski definition) is 1. The number of ether oxygens (including phenoxy) is 2. The molecule has 0 saturated carbocycles. The highest BCUT2D eigenvalue weighted by Gasteiger charge is 2.11. The summed E-state index contributed by atoms with van der Waals surface area (Å²) in [5, 5.41) is 0. The Balaban J connectivity index is 0.00000288. The summed E-state index contributed by atoms with van der Waals surface area (Å²) in [4.78, 5) is 8.68. The van der Waals surface area contributed by atoms with Gasteiger partial charge in [0.1, 0.15) is 5.75 Å². The van der Waals surface area contributed by atoms with Crippen molar-refractivity contribution < 1.29 is 9.47 Å². The molecule has 1 heterocycles. The van der Waals surface area contributed by atoms with Crippen LogP contribution in [-0.4, -0.2) is 69.3 Å². The van der Waals surface area contributed by atoms with Gasteiger partial charge in [-0.3, -0.25) is 0 Å². The maximum Gasteiger partial charge on any atom is 0.191 e. The van der Waals surface area contributed by atoms with E-state index in [1.54, 1.807) is 0 Å². The molecular formula is C17H29IN4O2. The minimum Gasteiger partial charge on any atom is -0.494 e. The molecule has 0 radical (unpaired) electrons. The van der Waals surface area contributed by atoms with Crippen molar-refractivity contribution in [2.24, 2.45) is 10.7 Å². The number of morpholine rings is 1. The second-order valence-corrected chi connectivity index (χ2v) is 5.92. The maximum absolute atomic E-state index is 6.02. The third-order valence-corrected chi connectivity index (χ3v) is 3.70. The van der Waals surface area contributed by atoms with Gasteiger partial charge in [0.15, 0.2) is 5.96 Å². The largest absolute Gasteiger partial charge is 0.494 e. The number of nitrogens with two attached hydrogens (primary N) is 1. The van der Waals surface area contributed by atoms with Gasteiger partial charge < -0.3 is 25.0 Å². The summed E-state index contributed by atoms with van der Waals surface area (Å²) in [7, 11) is 4.13. The van der Waals surface area contributed by atoms with Crippen LogP contribution < -0.4 is 10.5 Å². The summed E-state index contributed by atoms with van der Waals surface area (Å²) in [5.74, 6) is 1.50. The zero-order valence-corrected chi connectivity index (χ0v) is 16.9. The summed E-state index contributed by atoms with van der Waals surface area (Å²) in [6.07, 6.45) is 1.02. The van der Waals surface area contributed by atoms with Crippen LogP contribution in [-0.2, 0) is 11.3 Å². The number of nitrogens with zero attached hydrogens (tertiary/aromatic N) is 3. The quantitative estimate of drug-likeness (QED) is 0.298. The van der Waals surface area contributed by atoms with Gasteiger partial charge >= 0.3 is 0 Å². The summed E-state index contributed by atoms with van der Waals surface area (Å²) < 4.78 is 11.0. The van der Waals surface area contributed by atoms with Crippen molar-refractivity contribution in [2.45, 2.75) is 13.0 Å². The molecule has 1 aliphatic rings. The van der Waals surface area contributed by atoms with Gasteiger partial charge in [-0.05, 0) is 38.2 Å². The molecule has 2 rings (SSSR count). The van der Waals surface area contributed by atoms with E-state index in [1.165, 1.54) is 0 Å². The number of aliphatic imine (C=N–C) groups is 1. The third-order valence-electron chi connectivity index (χ3n) is 3.70. The van der Waals surface area contributed by atoms with Gasteiger partial charge in [-0.15, -0.1) is 24.0 Å². The van der Waals surface area contributed by atoms with Crippen molar-refractivity contribution in [1.29, 1.82) is 0 Å². The fourth-order valence-corrected chi connectivity index (χ4v) is 2.33. The third kappa shape index (κ3) is 7.67. The van der Waals surface area contributed by atoms with E-state index in [-0.39, 0.29) is 24.0 Å². The van der Waals surface area contributed by atoms with Crippen LogP contribution in [0.15, 0.2) is 29.3 Å². The van der Waals surface area contributed by atoms with Crippen molar-refractivity contribution in [1.82, 2.24) is 9.80 Å². The molecule has 0 aromatic heterocycles. The average molecular weight is 448 g/mol. The Kier molecular flexibility index (Phi) is 10.0. The van der Waals surface area contributed by atoms with Crippen molar-refractivity contribution in [3.05, 3.63) is 29.8 Å². The molecule has 0 amide bonds. The predicted octanol–water partition coefficient (Wildman–Crippen LogP) is 1.78. The van der Waals surface area contributed by atoms with Gasteiger partial charge in [-0.2, -0.15) is 0 Å². The molecule has 24 heavy (non-hydrogen) atoms. The number of benzene rings is 1. The van der Waals surface area contributed by atoms with Crippen molar-refractivity contribution in [3.8, 4) is 5.75 Å². The van der Waals surface area contributed by atoms with E-state index in [9.17, 15) is 0 Å². The second-order valence-electron chi connectivity index (χ2n) is 5.92. The number of rotatable bonds is 7. The first kappa shape index (κ1) is 21.0. The molecule has 0 atom stereocenters. The minimum atomic E-state index is 0. The van der Waals surface area contributed by atoms with Gasteiger partial charge in [0.2, 0.25) is 0 Å². The molecule has 0 bridgehead atoms. The molecule has 6 nitrogen and oxygen atoms in total. The Morgan fingerprint density at radius 2 is 1.92 bits per heavy atom. The topological polar surface area (TPSA) is 63.3 Å². The fourth-order valence-electron chi connectivity index (χ4n) is 2.33. The van der Waals surface area contributed by atoms with E-state index in [2.05, 4.69) is 28.9 Å². The van der Waals surface area contributed by atoms with E-state index in [1.807, 2.05) is 24.3 Å². The highest BCUT2D eigenvalue weighted by atomic mass is 127. The molecule has 7 heteroatoms. The highest BCUT2D eigenvalue weighted by Crippen LogP contribution is 2.13. The number of guanidine groups is 1. The maximum atomic E-state index is 6.02. The van der Waals surface area contributed by atoms with Gasteiger partial charge in [0.05, 0.1) is 26.4 Å². The smallest absolute Gasteiger partial charge is 0.191 e. The molecule has 2 N–H and O–H groups in total. The summed E-state index contributed by atoms with van der Waals surface area (Å²) in [6, 6.07) is 8.06. The Labute approximate surface area is 162 Å². The zero-order chi connectivity index (χ0) is 16.5. The Morgan fingerprint density at radius 1 is 1.25 bits per heavy atom. The molecule has 0 aliphatic carbocycles. The van der Waals surface area contributed by atoms with Crippen molar-refractivity contribution in [2.75, 3.05) is 53.6 Å². The second kappa shape index (κ2) is 11.5. The van der Waals surface area contributed by atoms with Crippen LogP contribution in [0.3, 0.4) is 0 Å². The molecule has 0 spiro atoms. The molecule has 0 unspecified atom stereocenters. The van der Waals surface area contributed by atoms with Crippen LogP contribution in [0.2, 0.25) is 0 Å². The molecule has 1 aromatic rings. The SMILES string of the molecule is CN(C)CCCOc1ccc(CN=C(N)N2CCOCC2)cc1.I. The van der Waals surface area contributed by atoms with Crippen molar-refractivity contribution in [3.63, 3.8) is 0 Å². The molecule has 1 aliphatic heterocycles. The lowest BCUT2D eigenvalue weighted by Crippen LogP contribution is -2.44. The Morgan fingerprint density at radius 3 is 2.54 bits per heavy atom. The summed E-state index contributed by atoms with van der Waals surface area (Å²) >= 11 is 0. The Bertz CT molecular complexity index is 488. The minimum absolute atomic E-state index is 0. The average Bonchev–Trinajstić information content (AvgIpc) is 2.58. The normalized spacial score (nSPS) is 15.3. The van der Waals surface area contributed by atoms with E-state index in [0.717, 1.165) is 57.2 Å². The molecule has 1 fully saturated rings. The monoisotopic (exact) mass is 448 g/mol. The lowest BCUT2D eigenvalue weighted by Gasteiger charge is -2.27.